The molecular weight excluding hydrogens is 292 g/mol. The van der Waals surface area contributed by atoms with Gasteiger partial charge in [0, 0.05) is 0 Å². The molecule has 108 valence electrons. The van der Waals surface area contributed by atoms with Crippen molar-refractivity contribution in [1.29, 1.82) is 0 Å². The zero-order valence-electron chi connectivity index (χ0n) is 11.1. The highest BCUT2D eigenvalue weighted by atomic mass is 32.1. The van der Waals surface area contributed by atoms with Crippen LogP contribution in [0.5, 0.6) is 0 Å². The van der Waals surface area contributed by atoms with Gasteiger partial charge in [-0.25, -0.2) is 4.79 Å². The lowest BCUT2D eigenvalue weighted by Crippen LogP contribution is -2.19. The van der Waals surface area contributed by atoms with Crippen molar-refractivity contribution >= 4 is 34.1 Å². The van der Waals surface area contributed by atoms with Crippen molar-refractivity contribution in [3.63, 3.8) is 0 Å². The van der Waals surface area contributed by atoms with E-state index in [1.165, 1.54) is 36.6 Å². The number of methoxy groups -OCH3 is 1. The number of nitrogens with one attached hydrogen (secondary N) is 1. The number of benzene rings is 1. The zero-order valence-corrected chi connectivity index (χ0v) is 11.9. The second-order valence-electron chi connectivity index (χ2n) is 4.02. The summed E-state index contributed by atoms with van der Waals surface area (Å²) in [7, 11) is 1.24. The fraction of sp³-hybridized carbons (Fsp3) is 0.0714. The number of thiophene rings is 1. The predicted molar refractivity (Wildman–Crippen MR) is 78.6 cm³/mol. The van der Waals surface area contributed by atoms with Crippen LogP contribution in [0, 0.1) is 0 Å². The second kappa shape index (κ2) is 6.19. The van der Waals surface area contributed by atoms with Crippen LogP contribution in [-0.4, -0.2) is 24.9 Å². The number of rotatable bonds is 4. The van der Waals surface area contributed by atoms with Crippen molar-refractivity contribution < 1.29 is 19.1 Å². The molecule has 0 aliphatic heterocycles. The van der Waals surface area contributed by atoms with Crippen molar-refractivity contribution in [2.24, 2.45) is 5.73 Å². The SMILES string of the molecule is COC(=O)c1ccccc1C(=O)Nc1sccc1C(N)=O. The molecule has 0 spiro atoms. The van der Waals surface area contributed by atoms with Crippen molar-refractivity contribution in [3.8, 4) is 0 Å². The standard InChI is InChI=1S/C14H12N2O4S/c1-20-14(19)9-5-3-2-4-8(9)12(18)16-13-10(11(15)17)6-7-21-13/h2-7H,1H3,(H2,15,17)(H,16,18). The molecule has 1 heterocycles. The van der Waals surface area contributed by atoms with E-state index in [4.69, 9.17) is 5.73 Å². The molecule has 3 N–H and O–H groups in total. The average Bonchev–Trinajstić information content (AvgIpc) is 2.94. The van der Waals surface area contributed by atoms with E-state index in [-0.39, 0.29) is 16.7 Å². The lowest BCUT2D eigenvalue weighted by Gasteiger charge is -2.08. The molecule has 1 aromatic heterocycles. The highest BCUT2D eigenvalue weighted by Crippen LogP contribution is 2.24. The van der Waals surface area contributed by atoms with E-state index in [9.17, 15) is 14.4 Å². The normalized spacial score (nSPS) is 9.95. The van der Waals surface area contributed by atoms with Crippen LogP contribution >= 0.6 is 11.3 Å². The molecule has 0 aliphatic rings. The Balaban J connectivity index is 2.31. The number of carbonyl (C=O) groups is 3. The summed E-state index contributed by atoms with van der Waals surface area (Å²) in [6.07, 6.45) is 0. The van der Waals surface area contributed by atoms with Gasteiger partial charge in [0.25, 0.3) is 11.8 Å². The van der Waals surface area contributed by atoms with Crippen LogP contribution in [0.25, 0.3) is 0 Å². The van der Waals surface area contributed by atoms with Crippen molar-refractivity contribution in [2.75, 3.05) is 12.4 Å². The van der Waals surface area contributed by atoms with E-state index >= 15 is 0 Å². The Morgan fingerprint density at radius 1 is 1.10 bits per heavy atom. The third-order valence-electron chi connectivity index (χ3n) is 2.73. The van der Waals surface area contributed by atoms with Crippen LogP contribution < -0.4 is 11.1 Å². The lowest BCUT2D eigenvalue weighted by atomic mass is 10.1. The van der Waals surface area contributed by atoms with Gasteiger partial charge in [-0.05, 0) is 23.6 Å². The van der Waals surface area contributed by atoms with Crippen molar-refractivity contribution in [3.05, 3.63) is 52.4 Å². The Hall–Kier alpha value is -2.67. The Bertz CT molecular complexity index is 709. The Labute approximate surface area is 124 Å². The third kappa shape index (κ3) is 3.09. The molecule has 0 radical (unpaired) electrons. The number of amides is 2. The van der Waals surface area contributed by atoms with Crippen LogP contribution in [0.15, 0.2) is 35.7 Å². The summed E-state index contributed by atoms with van der Waals surface area (Å²) in [6, 6.07) is 7.77. The minimum absolute atomic E-state index is 0.148. The maximum atomic E-state index is 12.3. The van der Waals surface area contributed by atoms with Crippen LogP contribution in [0.3, 0.4) is 0 Å². The second-order valence-corrected chi connectivity index (χ2v) is 4.94. The molecule has 0 saturated carbocycles. The average molecular weight is 304 g/mol. The molecule has 0 atom stereocenters. The van der Waals surface area contributed by atoms with Gasteiger partial charge in [0.1, 0.15) is 5.00 Å². The van der Waals surface area contributed by atoms with Crippen LogP contribution in [-0.2, 0) is 4.74 Å². The van der Waals surface area contributed by atoms with Gasteiger partial charge < -0.3 is 15.8 Å². The number of nitrogens with two attached hydrogens (primary N) is 1. The van der Waals surface area contributed by atoms with E-state index < -0.39 is 17.8 Å². The Morgan fingerprint density at radius 3 is 2.38 bits per heavy atom. The molecule has 2 aromatic rings. The Morgan fingerprint density at radius 2 is 1.76 bits per heavy atom. The zero-order chi connectivity index (χ0) is 15.4. The molecular formula is C14H12N2O4S. The molecule has 6 nitrogen and oxygen atoms in total. The molecule has 2 amide bonds. The molecule has 7 heteroatoms. The van der Waals surface area contributed by atoms with Crippen molar-refractivity contribution in [2.45, 2.75) is 0 Å². The summed E-state index contributed by atoms with van der Waals surface area (Å²) >= 11 is 1.17. The smallest absolute Gasteiger partial charge is 0.338 e. The monoisotopic (exact) mass is 304 g/mol. The van der Waals surface area contributed by atoms with E-state index in [0.29, 0.717) is 5.00 Å². The summed E-state index contributed by atoms with van der Waals surface area (Å²) < 4.78 is 4.63. The summed E-state index contributed by atoms with van der Waals surface area (Å²) in [5.74, 6) is -1.75. The Kier molecular flexibility index (Phi) is 4.34. The fourth-order valence-electron chi connectivity index (χ4n) is 1.74. The third-order valence-corrected chi connectivity index (χ3v) is 3.56. The number of hydrogen-bond donors (Lipinski definition) is 2. The fourth-order valence-corrected chi connectivity index (χ4v) is 2.53. The van der Waals surface area contributed by atoms with Crippen LogP contribution in [0.1, 0.15) is 31.1 Å². The van der Waals surface area contributed by atoms with E-state index in [0.717, 1.165) is 0 Å². The molecule has 0 aliphatic carbocycles. The first-order chi connectivity index (χ1) is 10.0. The maximum absolute atomic E-state index is 12.3. The van der Waals surface area contributed by atoms with Gasteiger partial charge in [0.2, 0.25) is 0 Å². The molecule has 0 unspecified atom stereocenters. The van der Waals surface area contributed by atoms with Gasteiger partial charge >= 0.3 is 5.97 Å². The van der Waals surface area contributed by atoms with Gasteiger partial charge in [-0.3, -0.25) is 9.59 Å². The van der Waals surface area contributed by atoms with Gasteiger partial charge in [-0.15, -0.1) is 11.3 Å². The van der Waals surface area contributed by atoms with Gasteiger partial charge in [-0.2, -0.15) is 0 Å². The first-order valence-corrected chi connectivity index (χ1v) is 6.78. The van der Waals surface area contributed by atoms with Crippen LogP contribution in [0.2, 0.25) is 0 Å². The molecule has 0 bridgehead atoms. The highest BCUT2D eigenvalue weighted by molar-refractivity contribution is 7.14. The van der Waals surface area contributed by atoms with Crippen molar-refractivity contribution in [1.82, 2.24) is 0 Å². The minimum atomic E-state index is -0.632. The lowest BCUT2D eigenvalue weighted by molar-refractivity contribution is 0.0597. The van der Waals surface area contributed by atoms with Gasteiger partial charge in [-0.1, -0.05) is 12.1 Å². The van der Waals surface area contributed by atoms with Crippen LogP contribution in [0.4, 0.5) is 5.00 Å². The first kappa shape index (κ1) is 14.7. The molecule has 0 fully saturated rings. The van der Waals surface area contributed by atoms with E-state index in [1.54, 1.807) is 17.5 Å². The maximum Gasteiger partial charge on any atom is 0.338 e. The number of esters is 1. The summed E-state index contributed by atoms with van der Waals surface area (Å²) in [5.41, 5.74) is 5.75. The number of hydrogen-bond acceptors (Lipinski definition) is 5. The summed E-state index contributed by atoms with van der Waals surface area (Å²) in [5, 5.41) is 4.56. The molecule has 21 heavy (non-hydrogen) atoms. The summed E-state index contributed by atoms with van der Waals surface area (Å²) in [4.78, 5) is 35.1. The number of anilines is 1. The first-order valence-electron chi connectivity index (χ1n) is 5.90. The molecule has 1 aromatic carbocycles. The topological polar surface area (TPSA) is 98.5 Å². The molecule has 2 rings (SSSR count). The minimum Gasteiger partial charge on any atom is -0.465 e. The highest BCUT2D eigenvalue weighted by Gasteiger charge is 2.19. The van der Waals surface area contributed by atoms with Gasteiger partial charge in [0.15, 0.2) is 0 Å². The number of primary amides is 1. The quantitative estimate of drug-likeness (QED) is 0.843. The molecule has 0 saturated heterocycles. The predicted octanol–water partition coefficient (Wildman–Crippen LogP) is 1.89. The number of carbonyl (C=O) groups excluding carboxylic acids is 3. The largest absolute Gasteiger partial charge is 0.465 e. The van der Waals surface area contributed by atoms with Gasteiger partial charge in [0.05, 0.1) is 23.8 Å². The number of ether oxygens (including phenoxy) is 1. The van der Waals surface area contributed by atoms with E-state index in [2.05, 4.69) is 10.1 Å². The van der Waals surface area contributed by atoms with E-state index in [1.807, 2.05) is 0 Å². The summed E-state index contributed by atoms with van der Waals surface area (Å²) in [6.45, 7) is 0.